The van der Waals surface area contributed by atoms with E-state index in [2.05, 4.69) is 0 Å². The predicted molar refractivity (Wildman–Crippen MR) is 69.1 cm³/mol. The molecular formula is C14H22N2O3. The first-order chi connectivity index (χ1) is 9.15. The molecule has 1 saturated heterocycles. The molecule has 2 amide bonds. The van der Waals surface area contributed by atoms with Gasteiger partial charge in [-0.1, -0.05) is 12.8 Å². The molecule has 0 spiro atoms. The molecule has 0 aromatic rings. The van der Waals surface area contributed by atoms with Crippen LogP contribution in [-0.2, 0) is 14.3 Å². The maximum absolute atomic E-state index is 12.5. The zero-order chi connectivity index (χ0) is 13.6. The lowest BCUT2D eigenvalue weighted by Gasteiger charge is -2.46. The molecule has 0 aromatic heterocycles. The molecule has 2 aliphatic carbocycles. The number of ether oxygens (including phenoxy) is 1. The third-order valence-electron chi connectivity index (χ3n) is 4.88. The second-order valence-corrected chi connectivity index (χ2v) is 5.93. The highest BCUT2D eigenvalue weighted by Crippen LogP contribution is 2.42. The summed E-state index contributed by atoms with van der Waals surface area (Å²) in [5.74, 6) is -0.174. The molecule has 5 atom stereocenters. The molecule has 0 aromatic carbocycles. The van der Waals surface area contributed by atoms with E-state index in [4.69, 9.17) is 10.5 Å². The zero-order valence-corrected chi connectivity index (χ0v) is 11.4. The Kier molecular flexibility index (Phi) is 3.35. The van der Waals surface area contributed by atoms with Gasteiger partial charge < -0.3 is 10.5 Å². The van der Waals surface area contributed by atoms with Gasteiger partial charge >= 0.3 is 0 Å². The van der Waals surface area contributed by atoms with Crippen LogP contribution in [0.2, 0.25) is 0 Å². The predicted octanol–water partition coefficient (Wildman–Crippen LogP) is 0.666. The van der Waals surface area contributed by atoms with Crippen molar-refractivity contribution in [3.05, 3.63) is 0 Å². The van der Waals surface area contributed by atoms with E-state index in [0.717, 1.165) is 32.1 Å². The number of hydrogen-bond acceptors (Lipinski definition) is 4. The molecule has 3 fully saturated rings. The monoisotopic (exact) mass is 266 g/mol. The number of nitrogens with two attached hydrogens (primary N) is 1. The maximum atomic E-state index is 12.5. The van der Waals surface area contributed by atoms with Gasteiger partial charge in [0.15, 0.2) is 0 Å². The summed E-state index contributed by atoms with van der Waals surface area (Å²) >= 11 is 0. The Morgan fingerprint density at radius 3 is 2.26 bits per heavy atom. The largest absolute Gasteiger partial charge is 0.376 e. The minimum atomic E-state index is -0.231. The van der Waals surface area contributed by atoms with Crippen LogP contribution in [0.25, 0.3) is 0 Å². The first-order valence-corrected chi connectivity index (χ1v) is 7.39. The maximum Gasteiger partial charge on any atom is 0.233 e. The summed E-state index contributed by atoms with van der Waals surface area (Å²) in [5, 5.41) is 0. The summed E-state index contributed by atoms with van der Waals surface area (Å²) in [5.41, 5.74) is 6.01. The fraction of sp³-hybridized carbons (Fsp3) is 0.857. The van der Waals surface area contributed by atoms with Crippen molar-refractivity contribution >= 4 is 11.8 Å². The van der Waals surface area contributed by atoms with Gasteiger partial charge in [0.05, 0.1) is 24.0 Å². The van der Waals surface area contributed by atoms with Crippen molar-refractivity contribution in [2.24, 2.45) is 17.6 Å². The minimum absolute atomic E-state index is 0.000414. The van der Waals surface area contributed by atoms with Crippen molar-refractivity contribution in [3.63, 3.8) is 0 Å². The van der Waals surface area contributed by atoms with E-state index in [-0.39, 0.29) is 41.8 Å². The lowest BCUT2D eigenvalue weighted by atomic mass is 9.81. The minimum Gasteiger partial charge on any atom is -0.376 e. The van der Waals surface area contributed by atoms with Crippen LogP contribution in [0.4, 0.5) is 0 Å². The van der Waals surface area contributed by atoms with Crippen molar-refractivity contribution in [2.75, 3.05) is 6.61 Å². The fourth-order valence-corrected chi connectivity index (χ4v) is 3.85. The number of hydrogen-bond donors (Lipinski definition) is 1. The molecule has 5 unspecified atom stereocenters. The number of amides is 2. The first-order valence-electron chi connectivity index (χ1n) is 7.39. The fourth-order valence-electron chi connectivity index (χ4n) is 3.85. The highest BCUT2D eigenvalue weighted by atomic mass is 16.5. The molecule has 1 aliphatic heterocycles. The van der Waals surface area contributed by atoms with E-state index in [1.54, 1.807) is 0 Å². The van der Waals surface area contributed by atoms with E-state index < -0.39 is 0 Å². The van der Waals surface area contributed by atoms with Crippen LogP contribution in [-0.4, -0.2) is 41.5 Å². The number of imide groups is 1. The van der Waals surface area contributed by atoms with E-state index in [0.29, 0.717) is 6.61 Å². The molecule has 3 rings (SSSR count). The number of fused-ring (bicyclic) bond motifs is 1. The summed E-state index contributed by atoms with van der Waals surface area (Å²) in [4.78, 5) is 26.4. The van der Waals surface area contributed by atoms with Crippen LogP contribution in [0.5, 0.6) is 0 Å². The SMILES string of the molecule is CCOC1CC(N)C1N1C(=O)C2CCCCC2C1=O. The Morgan fingerprint density at radius 1 is 1.21 bits per heavy atom. The van der Waals surface area contributed by atoms with Gasteiger partial charge in [0.2, 0.25) is 11.8 Å². The first kappa shape index (κ1) is 13.1. The van der Waals surface area contributed by atoms with Gasteiger partial charge in [0.25, 0.3) is 0 Å². The second kappa shape index (κ2) is 4.87. The van der Waals surface area contributed by atoms with Crippen molar-refractivity contribution < 1.29 is 14.3 Å². The lowest BCUT2D eigenvalue weighted by Crippen LogP contribution is -2.66. The Balaban J connectivity index is 1.80. The Hall–Kier alpha value is -0.940. The zero-order valence-electron chi connectivity index (χ0n) is 11.4. The van der Waals surface area contributed by atoms with Gasteiger partial charge in [-0.2, -0.15) is 0 Å². The summed E-state index contributed by atoms with van der Waals surface area (Å²) < 4.78 is 5.60. The Bertz CT molecular complexity index is 372. The molecule has 2 N–H and O–H groups in total. The topological polar surface area (TPSA) is 72.6 Å². The van der Waals surface area contributed by atoms with E-state index in [9.17, 15) is 9.59 Å². The molecule has 1 heterocycles. The smallest absolute Gasteiger partial charge is 0.233 e. The standard InChI is InChI=1S/C14H22N2O3/c1-2-19-11-7-10(15)12(11)16-13(17)8-5-3-4-6-9(8)14(16)18/h8-12H,2-7,15H2,1H3. The number of carbonyl (C=O) groups is 2. The van der Waals surface area contributed by atoms with Crippen molar-refractivity contribution in [2.45, 2.75) is 57.2 Å². The van der Waals surface area contributed by atoms with Crippen LogP contribution in [0, 0.1) is 11.8 Å². The molecule has 5 nitrogen and oxygen atoms in total. The van der Waals surface area contributed by atoms with Gasteiger partial charge in [0, 0.05) is 12.6 Å². The number of rotatable bonds is 3. The summed E-state index contributed by atoms with van der Waals surface area (Å²) in [6, 6.07) is -0.352. The number of likely N-dealkylation sites (tertiary alicyclic amines) is 1. The van der Waals surface area contributed by atoms with Crippen molar-refractivity contribution in [3.8, 4) is 0 Å². The third kappa shape index (κ3) is 1.91. The van der Waals surface area contributed by atoms with Crippen LogP contribution in [0.1, 0.15) is 39.0 Å². The van der Waals surface area contributed by atoms with Crippen LogP contribution in [0.15, 0.2) is 0 Å². The van der Waals surface area contributed by atoms with E-state index >= 15 is 0 Å². The summed E-state index contributed by atoms with van der Waals surface area (Å²) in [6.07, 6.45) is 4.50. The van der Waals surface area contributed by atoms with Crippen LogP contribution < -0.4 is 5.73 Å². The average molecular weight is 266 g/mol. The molecular weight excluding hydrogens is 244 g/mol. The molecule has 19 heavy (non-hydrogen) atoms. The van der Waals surface area contributed by atoms with E-state index in [1.807, 2.05) is 6.92 Å². The molecule has 5 heteroatoms. The highest BCUT2D eigenvalue weighted by Gasteiger charge is 2.56. The summed E-state index contributed by atoms with van der Waals surface area (Å²) in [7, 11) is 0. The number of carbonyl (C=O) groups excluding carboxylic acids is 2. The summed E-state index contributed by atoms with van der Waals surface area (Å²) in [6.45, 7) is 2.52. The van der Waals surface area contributed by atoms with Crippen LogP contribution in [0.3, 0.4) is 0 Å². The Labute approximate surface area is 113 Å². The number of nitrogens with zero attached hydrogens (tertiary/aromatic N) is 1. The molecule has 0 radical (unpaired) electrons. The molecule has 106 valence electrons. The van der Waals surface area contributed by atoms with Gasteiger partial charge in [0.1, 0.15) is 0 Å². The van der Waals surface area contributed by atoms with Gasteiger partial charge in [-0.3, -0.25) is 14.5 Å². The van der Waals surface area contributed by atoms with Crippen LogP contribution >= 0.6 is 0 Å². The second-order valence-electron chi connectivity index (χ2n) is 5.93. The molecule has 0 bridgehead atoms. The Morgan fingerprint density at radius 2 is 1.79 bits per heavy atom. The van der Waals surface area contributed by atoms with Crippen molar-refractivity contribution in [1.29, 1.82) is 0 Å². The van der Waals surface area contributed by atoms with Gasteiger partial charge in [-0.15, -0.1) is 0 Å². The lowest BCUT2D eigenvalue weighted by molar-refractivity contribution is -0.154. The average Bonchev–Trinajstić information content (AvgIpc) is 2.65. The van der Waals surface area contributed by atoms with Crippen molar-refractivity contribution in [1.82, 2.24) is 4.90 Å². The molecule has 3 aliphatic rings. The highest BCUT2D eigenvalue weighted by molar-refractivity contribution is 6.05. The normalized spacial score (nSPS) is 42.2. The quantitative estimate of drug-likeness (QED) is 0.762. The van der Waals surface area contributed by atoms with Gasteiger partial charge in [-0.05, 0) is 26.2 Å². The molecule has 2 saturated carbocycles. The van der Waals surface area contributed by atoms with E-state index in [1.165, 1.54) is 4.90 Å². The third-order valence-corrected chi connectivity index (χ3v) is 4.88. The van der Waals surface area contributed by atoms with Gasteiger partial charge in [-0.25, -0.2) is 0 Å².